The molecule has 0 aromatic heterocycles. The van der Waals surface area contributed by atoms with Crippen LogP contribution in [0.2, 0.25) is 0 Å². The molecule has 0 aliphatic rings. The van der Waals surface area contributed by atoms with Crippen molar-refractivity contribution in [1.82, 2.24) is 0 Å². The highest BCUT2D eigenvalue weighted by molar-refractivity contribution is 9.10. The van der Waals surface area contributed by atoms with Gasteiger partial charge in [-0.15, -0.1) is 0 Å². The van der Waals surface area contributed by atoms with E-state index in [4.69, 9.17) is 9.47 Å². The van der Waals surface area contributed by atoms with E-state index in [0.717, 1.165) is 0 Å². The number of rotatable bonds is 2. The van der Waals surface area contributed by atoms with Gasteiger partial charge in [-0.05, 0) is 15.9 Å². The van der Waals surface area contributed by atoms with Crippen LogP contribution in [0.15, 0.2) is 16.6 Å². The lowest BCUT2D eigenvalue weighted by Gasteiger charge is -2.06. The molecule has 0 N–H and O–H groups in total. The van der Waals surface area contributed by atoms with E-state index in [1.165, 1.54) is 20.3 Å². The van der Waals surface area contributed by atoms with E-state index in [-0.39, 0.29) is 0 Å². The summed E-state index contributed by atoms with van der Waals surface area (Å²) in [6.45, 7) is 0. The average Bonchev–Trinajstić information content (AvgIpc) is 2.09. The summed E-state index contributed by atoms with van der Waals surface area (Å²) in [4.78, 5) is 0. The third kappa shape index (κ3) is 1.69. The quantitative estimate of drug-likeness (QED) is 0.784. The van der Waals surface area contributed by atoms with Crippen molar-refractivity contribution in [1.29, 1.82) is 0 Å². The molecule has 0 unspecified atom stereocenters. The van der Waals surface area contributed by atoms with Gasteiger partial charge in [0.25, 0.3) is 0 Å². The summed E-state index contributed by atoms with van der Waals surface area (Å²) in [5.74, 6) is 0.464. The van der Waals surface area contributed by atoms with Crippen molar-refractivity contribution in [3.63, 3.8) is 0 Å². The molecule has 4 heteroatoms. The van der Waals surface area contributed by atoms with Gasteiger partial charge in [-0.1, -0.05) is 0 Å². The van der Waals surface area contributed by atoms with Gasteiger partial charge in [0.1, 0.15) is 17.3 Å². The van der Waals surface area contributed by atoms with E-state index in [2.05, 4.69) is 15.9 Å². The maximum absolute atomic E-state index is 13.0. The minimum Gasteiger partial charge on any atom is -0.497 e. The van der Waals surface area contributed by atoms with E-state index in [9.17, 15) is 4.39 Å². The van der Waals surface area contributed by atoms with Gasteiger partial charge in [-0.2, -0.15) is 0 Å². The van der Waals surface area contributed by atoms with Gasteiger partial charge in [0, 0.05) is 12.1 Å². The van der Waals surface area contributed by atoms with Gasteiger partial charge in [-0.3, -0.25) is 0 Å². The topological polar surface area (TPSA) is 18.5 Å². The fraction of sp³-hybridized carbons (Fsp3) is 0.250. The molecule has 0 spiro atoms. The normalized spacial score (nSPS) is 9.67. The standard InChI is InChI=1S/C8H8BrFO2/c1-11-5-3-6(10)8(9)7(4-5)12-2/h3-4H,1-2H3. The predicted molar refractivity (Wildman–Crippen MR) is 47.2 cm³/mol. The minimum absolute atomic E-state index is 0.311. The Morgan fingerprint density at radius 1 is 1.25 bits per heavy atom. The minimum atomic E-state index is -0.397. The zero-order valence-corrected chi connectivity index (χ0v) is 8.31. The van der Waals surface area contributed by atoms with E-state index >= 15 is 0 Å². The van der Waals surface area contributed by atoms with Crippen molar-refractivity contribution in [2.75, 3.05) is 14.2 Å². The van der Waals surface area contributed by atoms with Gasteiger partial charge in [-0.25, -0.2) is 4.39 Å². The van der Waals surface area contributed by atoms with Crippen LogP contribution in [-0.4, -0.2) is 14.2 Å². The molecule has 2 nitrogen and oxygen atoms in total. The van der Waals surface area contributed by atoms with Crippen LogP contribution < -0.4 is 9.47 Å². The Hall–Kier alpha value is -0.770. The summed E-state index contributed by atoms with van der Waals surface area (Å²) in [5.41, 5.74) is 0. The van der Waals surface area contributed by atoms with Crippen molar-refractivity contribution in [2.24, 2.45) is 0 Å². The van der Waals surface area contributed by atoms with E-state index < -0.39 is 5.82 Å². The Balaban J connectivity index is 3.19. The van der Waals surface area contributed by atoms with Gasteiger partial charge in [0.2, 0.25) is 0 Å². The second kappa shape index (κ2) is 3.76. The van der Waals surface area contributed by atoms with Gasteiger partial charge in [0.15, 0.2) is 0 Å². The Bertz CT molecular complexity index is 289. The first kappa shape index (κ1) is 9.32. The van der Waals surface area contributed by atoms with Gasteiger partial charge < -0.3 is 9.47 Å². The monoisotopic (exact) mass is 234 g/mol. The van der Waals surface area contributed by atoms with Gasteiger partial charge in [0.05, 0.1) is 18.7 Å². The molecule has 0 bridgehead atoms. The second-order valence-corrected chi connectivity index (χ2v) is 2.92. The summed E-state index contributed by atoms with van der Waals surface area (Å²) in [7, 11) is 2.95. The molecule has 1 aromatic carbocycles. The van der Waals surface area contributed by atoms with Gasteiger partial charge >= 0.3 is 0 Å². The molecule has 12 heavy (non-hydrogen) atoms. The fourth-order valence-corrected chi connectivity index (χ4v) is 1.20. The molecule has 1 rings (SSSR count). The molecule has 0 radical (unpaired) electrons. The molecule has 1 aromatic rings. The molecule has 0 atom stereocenters. The summed E-state index contributed by atoms with van der Waals surface area (Å²) in [6, 6.07) is 2.89. The van der Waals surface area contributed by atoms with Crippen LogP contribution in [0.4, 0.5) is 4.39 Å². The zero-order chi connectivity index (χ0) is 9.14. The molecule has 0 amide bonds. The molecule has 0 saturated heterocycles. The SMILES string of the molecule is COc1cc(F)c(Br)c(OC)c1. The molecule has 0 aliphatic heterocycles. The average molecular weight is 235 g/mol. The highest BCUT2D eigenvalue weighted by atomic mass is 79.9. The summed E-state index contributed by atoms with van der Waals surface area (Å²) in [6.07, 6.45) is 0. The van der Waals surface area contributed by atoms with Crippen LogP contribution in [0.25, 0.3) is 0 Å². The maximum atomic E-state index is 13.0. The Morgan fingerprint density at radius 3 is 2.42 bits per heavy atom. The predicted octanol–water partition coefficient (Wildman–Crippen LogP) is 2.61. The molecule has 0 heterocycles. The lowest BCUT2D eigenvalue weighted by atomic mass is 10.3. The largest absolute Gasteiger partial charge is 0.497 e. The number of methoxy groups -OCH3 is 2. The second-order valence-electron chi connectivity index (χ2n) is 2.13. The van der Waals surface area contributed by atoms with Crippen molar-refractivity contribution in [2.45, 2.75) is 0 Å². The molecule has 0 saturated carbocycles. The maximum Gasteiger partial charge on any atom is 0.144 e. The first-order chi connectivity index (χ1) is 5.69. The molecule has 0 aliphatic carbocycles. The molecular weight excluding hydrogens is 227 g/mol. The first-order valence-corrected chi connectivity index (χ1v) is 4.05. The number of hydrogen-bond donors (Lipinski definition) is 0. The highest BCUT2D eigenvalue weighted by Crippen LogP contribution is 2.31. The third-order valence-electron chi connectivity index (χ3n) is 1.42. The molecule has 66 valence electrons. The molecule has 0 fully saturated rings. The lowest BCUT2D eigenvalue weighted by molar-refractivity contribution is 0.386. The van der Waals surface area contributed by atoms with Crippen LogP contribution in [0.5, 0.6) is 11.5 Å². The van der Waals surface area contributed by atoms with Crippen LogP contribution in [-0.2, 0) is 0 Å². The van der Waals surface area contributed by atoms with E-state index in [1.54, 1.807) is 6.07 Å². The zero-order valence-electron chi connectivity index (χ0n) is 6.73. The number of halogens is 2. The highest BCUT2D eigenvalue weighted by Gasteiger charge is 2.08. The Labute approximate surface area is 78.4 Å². The summed E-state index contributed by atoms with van der Waals surface area (Å²) >= 11 is 3.05. The third-order valence-corrected chi connectivity index (χ3v) is 2.19. The van der Waals surface area contributed by atoms with Crippen molar-refractivity contribution in [3.05, 3.63) is 22.4 Å². The number of hydrogen-bond acceptors (Lipinski definition) is 2. The van der Waals surface area contributed by atoms with Crippen molar-refractivity contribution < 1.29 is 13.9 Å². The van der Waals surface area contributed by atoms with Crippen LogP contribution >= 0.6 is 15.9 Å². The lowest BCUT2D eigenvalue weighted by Crippen LogP contribution is -1.90. The van der Waals surface area contributed by atoms with E-state index in [0.29, 0.717) is 16.0 Å². The Kier molecular flexibility index (Phi) is 2.92. The number of benzene rings is 1. The van der Waals surface area contributed by atoms with Crippen molar-refractivity contribution in [3.8, 4) is 11.5 Å². The summed E-state index contributed by atoms with van der Waals surface area (Å²) < 4.78 is 23.1. The number of ether oxygens (including phenoxy) is 2. The first-order valence-electron chi connectivity index (χ1n) is 3.26. The fourth-order valence-electron chi connectivity index (χ4n) is 0.807. The smallest absolute Gasteiger partial charge is 0.144 e. The van der Waals surface area contributed by atoms with Crippen molar-refractivity contribution >= 4 is 15.9 Å². The van der Waals surface area contributed by atoms with E-state index in [1.807, 2.05) is 0 Å². The van der Waals surface area contributed by atoms with Crippen LogP contribution in [0.3, 0.4) is 0 Å². The Morgan fingerprint density at radius 2 is 1.92 bits per heavy atom. The summed E-state index contributed by atoms with van der Waals surface area (Å²) in [5, 5.41) is 0. The van der Waals surface area contributed by atoms with Crippen LogP contribution in [0.1, 0.15) is 0 Å². The van der Waals surface area contributed by atoms with Crippen LogP contribution in [0, 0.1) is 5.82 Å². The molecular formula is C8H8BrFO2.